The SMILES string of the molecule is Cc1nnc(NC(=O)C2CC(C)CC2C(=O)O)o1. The minimum absolute atomic E-state index is 0.0150. The Morgan fingerprint density at radius 1 is 1.33 bits per heavy atom. The van der Waals surface area contributed by atoms with E-state index in [0.717, 1.165) is 0 Å². The summed E-state index contributed by atoms with van der Waals surface area (Å²) in [5.74, 6) is -1.89. The summed E-state index contributed by atoms with van der Waals surface area (Å²) in [5, 5.41) is 18.8. The van der Waals surface area contributed by atoms with Gasteiger partial charge in [-0.3, -0.25) is 14.9 Å². The number of aryl methyl sites for hydroxylation is 1. The Balaban J connectivity index is 2.06. The molecule has 7 nitrogen and oxygen atoms in total. The van der Waals surface area contributed by atoms with Crippen LogP contribution in [0.1, 0.15) is 25.7 Å². The van der Waals surface area contributed by atoms with E-state index in [1.54, 1.807) is 6.92 Å². The topological polar surface area (TPSA) is 105 Å². The highest BCUT2D eigenvalue weighted by molar-refractivity contribution is 5.93. The average Bonchev–Trinajstić information content (AvgIpc) is 2.85. The van der Waals surface area contributed by atoms with Gasteiger partial charge in [0.1, 0.15) is 0 Å². The van der Waals surface area contributed by atoms with Gasteiger partial charge in [0, 0.05) is 6.92 Å². The number of hydrogen-bond acceptors (Lipinski definition) is 5. The fourth-order valence-electron chi connectivity index (χ4n) is 2.40. The summed E-state index contributed by atoms with van der Waals surface area (Å²) in [6.45, 7) is 3.56. The summed E-state index contributed by atoms with van der Waals surface area (Å²) in [7, 11) is 0. The molecule has 1 aliphatic carbocycles. The van der Waals surface area contributed by atoms with E-state index in [4.69, 9.17) is 9.52 Å². The van der Waals surface area contributed by atoms with Gasteiger partial charge >= 0.3 is 12.0 Å². The summed E-state index contributed by atoms with van der Waals surface area (Å²) in [6.07, 6.45) is 1.09. The van der Waals surface area contributed by atoms with Gasteiger partial charge in [0.15, 0.2) is 0 Å². The monoisotopic (exact) mass is 253 g/mol. The van der Waals surface area contributed by atoms with E-state index in [0.29, 0.717) is 18.7 Å². The smallest absolute Gasteiger partial charge is 0.322 e. The van der Waals surface area contributed by atoms with E-state index >= 15 is 0 Å². The van der Waals surface area contributed by atoms with Crippen LogP contribution in [0.3, 0.4) is 0 Å². The van der Waals surface area contributed by atoms with Crippen LogP contribution in [0.15, 0.2) is 4.42 Å². The maximum absolute atomic E-state index is 12.0. The van der Waals surface area contributed by atoms with Gasteiger partial charge in [-0.15, -0.1) is 5.10 Å². The van der Waals surface area contributed by atoms with Crippen molar-refractivity contribution in [2.45, 2.75) is 26.7 Å². The first kappa shape index (κ1) is 12.5. The first-order valence-corrected chi connectivity index (χ1v) is 5.81. The van der Waals surface area contributed by atoms with Crippen molar-refractivity contribution in [3.05, 3.63) is 5.89 Å². The molecule has 2 N–H and O–H groups in total. The lowest BCUT2D eigenvalue weighted by molar-refractivity contribution is -0.145. The molecule has 2 rings (SSSR count). The quantitative estimate of drug-likeness (QED) is 0.834. The normalized spacial score (nSPS) is 27.1. The lowest BCUT2D eigenvalue weighted by atomic mass is 9.95. The highest BCUT2D eigenvalue weighted by Crippen LogP contribution is 2.37. The number of hydrogen-bond donors (Lipinski definition) is 2. The number of anilines is 1. The molecule has 1 aliphatic rings. The molecule has 18 heavy (non-hydrogen) atoms. The van der Waals surface area contributed by atoms with Crippen molar-refractivity contribution in [3.8, 4) is 0 Å². The van der Waals surface area contributed by atoms with E-state index in [1.165, 1.54) is 0 Å². The van der Waals surface area contributed by atoms with Crippen LogP contribution < -0.4 is 5.32 Å². The number of amides is 1. The molecule has 1 amide bonds. The van der Waals surface area contributed by atoms with Crippen molar-refractivity contribution >= 4 is 17.9 Å². The van der Waals surface area contributed by atoms with Crippen molar-refractivity contribution in [1.29, 1.82) is 0 Å². The Morgan fingerprint density at radius 2 is 2.00 bits per heavy atom. The average molecular weight is 253 g/mol. The number of nitrogens with one attached hydrogen (secondary N) is 1. The standard InChI is InChI=1S/C11H15N3O4/c1-5-3-7(8(4-5)10(16)17)9(15)12-11-14-13-6(2)18-11/h5,7-8H,3-4H2,1-2H3,(H,16,17)(H,12,14,15). The molecule has 1 heterocycles. The molecular weight excluding hydrogens is 238 g/mol. The van der Waals surface area contributed by atoms with Crippen LogP contribution >= 0.6 is 0 Å². The van der Waals surface area contributed by atoms with E-state index in [2.05, 4.69) is 15.5 Å². The summed E-state index contributed by atoms with van der Waals surface area (Å²) < 4.78 is 5.03. The van der Waals surface area contributed by atoms with Crippen molar-refractivity contribution in [1.82, 2.24) is 10.2 Å². The summed E-state index contributed by atoms with van der Waals surface area (Å²) >= 11 is 0. The molecule has 1 saturated carbocycles. The first-order chi connectivity index (χ1) is 8.47. The molecule has 7 heteroatoms. The number of nitrogens with zero attached hydrogens (tertiary/aromatic N) is 2. The van der Waals surface area contributed by atoms with Crippen LogP contribution in [0, 0.1) is 24.7 Å². The Bertz CT molecular complexity index is 471. The van der Waals surface area contributed by atoms with Crippen LogP contribution in [-0.4, -0.2) is 27.2 Å². The van der Waals surface area contributed by atoms with Crippen molar-refractivity contribution < 1.29 is 19.1 Å². The van der Waals surface area contributed by atoms with Crippen LogP contribution in [0.4, 0.5) is 6.01 Å². The van der Waals surface area contributed by atoms with Crippen molar-refractivity contribution in [2.24, 2.45) is 17.8 Å². The lowest BCUT2D eigenvalue weighted by Crippen LogP contribution is -2.30. The second-order valence-electron chi connectivity index (χ2n) is 4.74. The molecule has 1 aromatic rings. The summed E-state index contributed by atoms with van der Waals surface area (Å²) in [4.78, 5) is 23.1. The second kappa shape index (κ2) is 4.75. The van der Waals surface area contributed by atoms with Gasteiger partial charge in [0.25, 0.3) is 0 Å². The number of rotatable bonds is 3. The predicted octanol–water partition coefficient (Wildman–Crippen LogP) is 1.06. The van der Waals surface area contributed by atoms with Crippen LogP contribution in [0.5, 0.6) is 0 Å². The van der Waals surface area contributed by atoms with Crippen LogP contribution in [-0.2, 0) is 9.59 Å². The maximum atomic E-state index is 12.0. The van der Waals surface area contributed by atoms with Gasteiger partial charge < -0.3 is 9.52 Å². The lowest BCUT2D eigenvalue weighted by Gasteiger charge is -2.13. The van der Waals surface area contributed by atoms with Gasteiger partial charge in [-0.25, -0.2) is 0 Å². The number of aliphatic carboxylic acids is 1. The molecule has 98 valence electrons. The van der Waals surface area contributed by atoms with Gasteiger partial charge in [-0.1, -0.05) is 12.0 Å². The molecule has 3 unspecified atom stereocenters. The molecule has 0 saturated heterocycles. The molecule has 0 spiro atoms. The molecule has 0 bridgehead atoms. The van der Waals surface area contributed by atoms with Crippen LogP contribution in [0.25, 0.3) is 0 Å². The fraction of sp³-hybridized carbons (Fsp3) is 0.636. The molecule has 0 aromatic carbocycles. The first-order valence-electron chi connectivity index (χ1n) is 5.81. The Kier molecular flexibility index (Phi) is 3.31. The second-order valence-corrected chi connectivity index (χ2v) is 4.74. The Labute approximate surface area is 104 Å². The largest absolute Gasteiger partial charge is 0.481 e. The van der Waals surface area contributed by atoms with Gasteiger partial charge in [0.2, 0.25) is 11.8 Å². The molecular formula is C11H15N3O4. The zero-order valence-electron chi connectivity index (χ0n) is 10.2. The van der Waals surface area contributed by atoms with Crippen molar-refractivity contribution in [2.75, 3.05) is 5.32 Å². The highest BCUT2D eigenvalue weighted by atomic mass is 16.4. The summed E-state index contributed by atoms with van der Waals surface area (Å²) in [5.41, 5.74) is 0. The van der Waals surface area contributed by atoms with Gasteiger partial charge in [-0.05, 0) is 18.8 Å². The molecule has 3 atom stereocenters. The fourth-order valence-corrected chi connectivity index (χ4v) is 2.40. The third kappa shape index (κ3) is 2.49. The number of carboxylic acids is 1. The van der Waals surface area contributed by atoms with E-state index in [1.807, 2.05) is 6.92 Å². The van der Waals surface area contributed by atoms with E-state index in [-0.39, 0.29) is 17.8 Å². The zero-order chi connectivity index (χ0) is 13.3. The van der Waals surface area contributed by atoms with Gasteiger partial charge in [0.05, 0.1) is 11.8 Å². The Morgan fingerprint density at radius 3 is 2.56 bits per heavy atom. The number of carbonyl (C=O) groups excluding carboxylic acids is 1. The third-order valence-corrected chi connectivity index (χ3v) is 3.21. The van der Waals surface area contributed by atoms with E-state index in [9.17, 15) is 9.59 Å². The maximum Gasteiger partial charge on any atom is 0.322 e. The molecule has 0 aliphatic heterocycles. The molecule has 1 aromatic heterocycles. The number of carbonyl (C=O) groups is 2. The van der Waals surface area contributed by atoms with Gasteiger partial charge in [-0.2, -0.15) is 0 Å². The Hall–Kier alpha value is -1.92. The number of carboxylic acid groups (broad SMARTS) is 1. The number of aromatic nitrogens is 2. The van der Waals surface area contributed by atoms with Crippen molar-refractivity contribution in [3.63, 3.8) is 0 Å². The highest BCUT2D eigenvalue weighted by Gasteiger charge is 2.41. The molecule has 0 radical (unpaired) electrons. The minimum Gasteiger partial charge on any atom is -0.481 e. The zero-order valence-corrected chi connectivity index (χ0v) is 10.2. The van der Waals surface area contributed by atoms with E-state index < -0.39 is 17.8 Å². The summed E-state index contributed by atoms with van der Waals surface area (Å²) in [6, 6.07) is 0.0150. The minimum atomic E-state index is -0.929. The third-order valence-electron chi connectivity index (χ3n) is 3.21. The predicted molar refractivity (Wildman–Crippen MR) is 60.7 cm³/mol. The molecule has 1 fully saturated rings. The van der Waals surface area contributed by atoms with Crippen LogP contribution in [0.2, 0.25) is 0 Å².